The lowest BCUT2D eigenvalue weighted by molar-refractivity contribution is -0.0903. The van der Waals surface area contributed by atoms with Crippen molar-refractivity contribution < 1.29 is 4.74 Å². The van der Waals surface area contributed by atoms with Crippen LogP contribution in [0.15, 0.2) is 12.1 Å². The van der Waals surface area contributed by atoms with Crippen LogP contribution in [0, 0.1) is 26.2 Å². The summed E-state index contributed by atoms with van der Waals surface area (Å²) in [7, 11) is 0. The normalized spacial score (nSPS) is 28.2. The second-order valence-electron chi connectivity index (χ2n) is 6.90. The summed E-state index contributed by atoms with van der Waals surface area (Å²) in [6.07, 6.45) is 7.86. The Hall–Kier alpha value is -1.02. The van der Waals surface area contributed by atoms with Crippen molar-refractivity contribution in [3.63, 3.8) is 0 Å². The summed E-state index contributed by atoms with van der Waals surface area (Å²) in [6, 6.07) is 4.70. The van der Waals surface area contributed by atoms with Gasteiger partial charge in [-0.25, -0.2) is 0 Å². The smallest absolute Gasteiger partial charge is 0.125 e. The zero-order chi connectivity index (χ0) is 14.3. The average Bonchev–Trinajstić information content (AvgIpc) is 2.47. The van der Waals surface area contributed by atoms with Crippen LogP contribution in [0.25, 0.3) is 0 Å². The highest BCUT2D eigenvalue weighted by Gasteiger charge is 2.55. The van der Waals surface area contributed by atoms with E-state index in [4.69, 9.17) is 10.5 Å². The fraction of sp³-hybridized carbons (Fsp3) is 0.667. The molecule has 1 aromatic carbocycles. The molecule has 2 nitrogen and oxygen atoms in total. The highest BCUT2D eigenvalue weighted by molar-refractivity contribution is 5.45. The SMILES string of the molecule is Cc1ccc(C)c(OC2CC(N)C23CCCCC3)c1C. The van der Waals surface area contributed by atoms with E-state index < -0.39 is 0 Å². The maximum Gasteiger partial charge on any atom is 0.125 e. The topological polar surface area (TPSA) is 35.2 Å². The Balaban J connectivity index is 1.83. The van der Waals surface area contributed by atoms with Crippen molar-refractivity contribution in [3.05, 3.63) is 28.8 Å². The molecule has 2 aliphatic rings. The molecule has 2 heteroatoms. The second kappa shape index (κ2) is 5.07. The van der Waals surface area contributed by atoms with Crippen LogP contribution in [0.4, 0.5) is 0 Å². The predicted octanol–water partition coefficient (Wildman–Crippen LogP) is 4.04. The number of benzene rings is 1. The van der Waals surface area contributed by atoms with Crippen LogP contribution in [0.2, 0.25) is 0 Å². The van der Waals surface area contributed by atoms with Crippen molar-refractivity contribution in [2.75, 3.05) is 0 Å². The zero-order valence-corrected chi connectivity index (χ0v) is 13.0. The summed E-state index contributed by atoms with van der Waals surface area (Å²) < 4.78 is 6.48. The Morgan fingerprint density at radius 1 is 1.05 bits per heavy atom. The molecule has 0 aromatic heterocycles. The fourth-order valence-electron chi connectivity index (χ4n) is 4.10. The predicted molar refractivity (Wildman–Crippen MR) is 83.2 cm³/mol. The first kappa shape index (κ1) is 13.9. The standard InChI is InChI=1S/C18H27NO/c1-12-7-8-13(2)17(14(12)3)20-16-11-15(19)18(16)9-5-4-6-10-18/h7-8,15-16H,4-6,9-11,19H2,1-3H3. The summed E-state index contributed by atoms with van der Waals surface area (Å²) in [6.45, 7) is 6.47. The van der Waals surface area contributed by atoms with E-state index in [-0.39, 0.29) is 5.41 Å². The summed E-state index contributed by atoms with van der Waals surface area (Å²) >= 11 is 0. The van der Waals surface area contributed by atoms with Gasteiger partial charge in [0.05, 0.1) is 0 Å². The Morgan fingerprint density at radius 3 is 2.35 bits per heavy atom. The third-order valence-electron chi connectivity index (χ3n) is 5.77. The first-order valence-electron chi connectivity index (χ1n) is 8.03. The van der Waals surface area contributed by atoms with Crippen molar-refractivity contribution in [1.29, 1.82) is 0 Å². The van der Waals surface area contributed by atoms with Gasteiger partial charge in [-0.3, -0.25) is 0 Å². The molecule has 110 valence electrons. The Labute approximate surface area is 122 Å². The van der Waals surface area contributed by atoms with Crippen molar-refractivity contribution in [2.24, 2.45) is 11.1 Å². The first-order chi connectivity index (χ1) is 9.54. The highest BCUT2D eigenvalue weighted by atomic mass is 16.5. The Morgan fingerprint density at radius 2 is 1.70 bits per heavy atom. The van der Waals surface area contributed by atoms with Gasteiger partial charge in [0.15, 0.2) is 0 Å². The van der Waals surface area contributed by atoms with E-state index >= 15 is 0 Å². The molecule has 2 atom stereocenters. The minimum Gasteiger partial charge on any atom is -0.489 e. The van der Waals surface area contributed by atoms with Crippen molar-refractivity contribution in [1.82, 2.24) is 0 Å². The van der Waals surface area contributed by atoms with Crippen LogP contribution in [0.3, 0.4) is 0 Å². The van der Waals surface area contributed by atoms with Crippen molar-refractivity contribution in [3.8, 4) is 5.75 Å². The average molecular weight is 273 g/mol. The van der Waals surface area contributed by atoms with Gasteiger partial charge in [-0.2, -0.15) is 0 Å². The highest BCUT2D eigenvalue weighted by Crippen LogP contribution is 2.52. The lowest BCUT2D eigenvalue weighted by Gasteiger charge is -2.56. The maximum absolute atomic E-state index is 6.48. The van der Waals surface area contributed by atoms with Gasteiger partial charge in [0, 0.05) is 17.9 Å². The van der Waals surface area contributed by atoms with Crippen LogP contribution >= 0.6 is 0 Å². The van der Waals surface area contributed by atoms with E-state index in [0.717, 1.165) is 12.2 Å². The lowest BCUT2D eigenvalue weighted by Crippen LogP contribution is -2.64. The molecule has 2 aliphatic carbocycles. The quantitative estimate of drug-likeness (QED) is 0.882. The molecule has 0 heterocycles. The Bertz CT molecular complexity index is 502. The molecule has 0 saturated heterocycles. The summed E-state index contributed by atoms with van der Waals surface area (Å²) in [5, 5.41) is 0. The Kier molecular flexibility index (Phi) is 3.53. The molecule has 3 rings (SSSR count). The largest absolute Gasteiger partial charge is 0.489 e. The minimum absolute atomic E-state index is 0.265. The van der Waals surface area contributed by atoms with Gasteiger partial charge in [0.1, 0.15) is 11.9 Å². The van der Waals surface area contributed by atoms with E-state index in [9.17, 15) is 0 Å². The van der Waals surface area contributed by atoms with Gasteiger partial charge in [-0.05, 0) is 50.3 Å². The van der Waals surface area contributed by atoms with Crippen molar-refractivity contribution in [2.45, 2.75) is 71.4 Å². The van der Waals surface area contributed by atoms with E-state index in [1.807, 2.05) is 0 Å². The van der Waals surface area contributed by atoms with Crippen LogP contribution in [-0.4, -0.2) is 12.1 Å². The van der Waals surface area contributed by atoms with Gasteiger partial charge < -0.3 is 10.5 Å². The number of hydrogen-bond donors (Lipinski definition) is 1. The molecule has 0 amide bonds. The van der Waals surface area contributed by atoms with Gasteiger partial charge in [-0.1, -0.05) is 31.4 Å². The minimum atomic E-state index is 0.265. The molecule has 2 unspecified atom stereocenters. The number of rotatable bonds is 2. The molecule has 2 N–H and O–H groups in total. The van der Waals surface area contributed by atoms with Gasteiger partial charge >= 0.3 is 0 Å². The van der Waals surface area contributed by atoms with E-state index in [0.29, 0.717) is 12.1 Å². The lowest BCUT2D eigenvalue weighted by atomic mass is 9.55. The zero-order valence-electron chi connectivity index (χ0n) is 13.0. The number of aryl methyl sites for hydroxylation is 2. The van der Waals surface area contributed by atoms with Crippen LogP contribution in [-0.2, 0) is 0 Å². The van der Waals surface area contributed by atoms with Gasteiger partial charge in [0.2, 0.25) is 0 Å². The monoisotopic (exact) mass is 273 g/mol. The molecular formula is C18H27NO. The number of nitrogens with two attached hydrogens (primary N) is 1. The molecule has 1 aromatic rings. The third-order valence-corrected chi connectivity index (χ3v) is 5.77. The molecule has 2 saturated carbocycles. The van der Waals surface area contributed by atoms with E-state index in [1.54, 1.807) is 0 Å². The summed E-state index contributed by atoms with van der Waals surface area (Å²) in [5.41, 5.74) is 10.5. The van der Waals surface area contributed by atoms with Crippen molar-refractivity contribution >= 4 is 0 Å². The van der Waals surface area contributed by atoms with E-state index in [1.165, 1.54) is 48.8 Å². The summed E-state index contributed by atoms with van der Waals surface area (Å²) in [5.74, 6) is 1.10. The molecular weight excluding hydrogens is 246 g/mol. The molecule has 20 heavy (non-hydrogen) atoms. The van der Waals surface area contributed by atoms with Gasteiger partial charge in [0.25, 0.3) is 0 Å². The molecule has 0 bridgehead atoms. The number of ether oxygens (including phenoxy) is 1. The molecule has 1 spiro atoms. The first-order valence-corrected chi connectivity index (χ1v) is 8.03. The molecule has 2 fully saturated rings. The third kappa shape index (κ3) is 2.05. The van der Waals surface area contributed by atoms with Gasteiger partial charge in [-0.15, -0.1) is 0 Å². The second-order valence-corrected chi connectivity index (χ2v) is 6.90. The fourth-order valence-corrected chi connectivity index (χ4v) is 4.10. The van der Waals surface area contributed by atoms with E-state index in [2.05, 4.69) is 32.9 Å². The van der Waals surface area contributed by atoms with Crippen LogP contribution in [0.1, 0.15) is 55.2 Å². The summed E-state index contributed by atoms with van der Waals surface area (Å²) in [4.78, 5) is 0. The molecule has 0 aliphatic heterocycles. The maximum atomic E-state index is 6.48. The van der Waals surface area contributed by atoms with Crippen LogP contribution in [0.5, 0.6) is 5.75 Å². The number of hydrogen-bond acceptors (Lipinski definition) is 2. The van der Waals surface area contributed by atoms with Crippen LogP contribution < -0.4 is 10.5 Å². The molecule has 0 radical (unpaired) electrons.